The number of aromatic nitrogens is 2. The maximum absolute atomic E-state index is 4.22. The fourth-order valence-electron chi connectivity index (χ4n) is 1.21. The van der Waals surface area contributed by atoms with E-state index in [9.17, 15) is 0 Å². The minimum absolute atomic E-state index is 0.677. The molecule has 1 aromatic carbocycles. The Kier molecular flexibility index (Phi) is 3.26. The van der Waals surface area contributed by atoms with Gasteiger partial charge in [0.25, 0.3) is 0 Å². The molecule has 0 fully saturated rings. The van der Waals surface area contributed by atoms with Crippen LogP contribution in [0, 0.1) is 0 Å². The fourth-order valence-corrected chi connectivity index (χ4v) is 1.61. The molecule has 16 heavy (non-hydrogen) atoms. The number of hydrogen-bond donors (Lipinski definition) is 0. The van der Waals surface area contributed by atoms with Crippen LogP contribution >= 0.6 is 11.3 Å². The first-order chi connectivity index (χ1) is 7.75. The van der Waals surface area contributed by atoms with Gasteiger partial charge in [-0.3, -0.25) is 0 Å². The van der Waals surface area contributed by atoms with Crippen molar-refractivity contribution in [2.75, 3.05) is 19.0 Å². The lowest BCUT2D eigenvalue weighted by Gasteiger charge is -2.11. The molecule has 2 aromatic rings. The molecule has 82 valence electrons. The van der Waals surface area contributed by atoms with Gasteiger partial charge < -0.3 is 4.90 Å². The highest BCUT2D eigenvalue weighted by molar-refractivity contribution is 7.13. The SMILES string of the molecule is CN(C)c1ccc(/C=N/c2nncs2)cc1. The highest BCUT2D eigenvalue weighted by atomic mass is 32.1. The quantitative estimate of drug-likeness (QED) is 0.763. The van der Waals surface area contributed by atoms with E-state index < -0.39 is 0 Å². The van der Waals surface area contributed by atoms with Crippen molar-refractivity contribution < 1.29 is 0 Å². The highest BCUT2D eigenvalue weighted by Gasteiger charge is 1.94. The number of aliphatic imine (C=N–C) groups is 1. The van der Waals surface area contributed by atoms with E-state index in [0.717, 1.165) is 5.56 Å². The zero-order valence-corrected chi connectivity index (χ0v) is 9.98. The molecule has 1 aromatic heterocycles. The maximum Gasteiger partial charge on any atom is 0.231 e. The maximum atomic E-state index is 4.22. The zero-order valence-electron chi connectivity index (χ0n) is 9.16. The Labute approximate surface area is 98.3 Å². The topological polar surface area (TPSA) is 41.4 Å². The van der Waals surface area contributed by atoms with E-state index in [0.29, 0.717) is 5.13 Å². The monoisotopic (exact) mass is 232 g/mol. The molecule has 0 aliphatic heterocycles. The van der Waals surface area contributed by atoms with Gasteiger partial charge in [-0.1, -0.05) is 23.5 Å². The molecule has 0 saturated carbocycles. The van der Waals surface area contributed by atoms with Crippen LogP contribution in [0.4, 0.5) is 10.8 Å². The molecule has 0 atom stereocenters. The predicted molar refractivity (Wildman–Crippen MR) is 67.9 cm³/mol. The van der Waals surface area contributed by atoms with Gasteiger partial charge in [-0.2, -0.15) is 0 Å². The summed E-state index contributed by atoms with van der Waals surface area (Å²) in [4.78, 5) is 6.28. The summed E-state index contributed by atoms with van der Waals surface area (Å²) >= 11 is 1.42. The van der Waals surface area contributed by atoms with E-state index in [4.69, 9.17) is 0 Å². The third-order valence-corrected chi connectivity index (χ3v) is 2.68. The number of benzene rings is 1. The molecule has 2 rings (SSSR count). The van der Waals surface area contributed by atoms with Gasteiger partial charge in [0.15, 0.2) is 0 Å². The van der Waals surface area contributed by atoms with Gasteiger partial charge in [-0.25, -0.2) is 4.99 Å². The van der Waals surface area contributed by atoms with Gasteiger partial charge in [0, 0.05) is 26.0 Å². The lowest BCUT2D eigenvalue weighted by Crippen LogP contribution is -2.08. The second-order valence-corrected chi connectivity index (χ2v) is 4.28. The Morgan fingerprint density at radius 2 is 2.00 bits per heavy atom. The van der Waals surface area contributed by atoms with Gasteiger partial charge >= 0.3 is 0 Å². The zero-order chi connectivity index (χ0) is 11.4. The Hall–Kier alpha value is -1.75. The van der Waals surface area contributed by atoms with Gasteiger partial charge in [-0.05, 0) is 17.7 Å². The van der Waals surface area contributed by atoms with Crippen molar-refractivity contribution in [3.63, 3.8) is 0 Å². The van der Waals surface area contributed by atoms with Gasteiger partial charge in [0.05, 0.1) is 0 Å². The highest BCUT2D eigenvalue weighted by Crippen LogP contribution is 2.14. The molecular weight excluding hydrogens is 220 g/mol. The van der Waals surface area contributed by atoms with E-state index in [1.54, 1.807) is 11.7 Å². The first kappa shape index (κ1) is 10.8. The molecule has 0 aliphatic rings. The molecule has 0 amide bonds. The van der Waals surface area contributed by atoms with Crippen LogP contribution in [-0.2, 0) is 0 Å². The Bertz CT molecular complexity index is 459. The molecule has 0 unspecified atom stereocenters. The van der Waals surface area contributed by atoms with Crippen LogP contribution in [0.5, 0.6) is 0 Å². The molecule has 0 spiro atoms. The molecule has 0 radical (unpaired) electrons. The molecule has 0 bridgehead atoms. The van der Waals surface area contributed by atoms with E-state index in [-0.39, 0.29) is 0 Å². The van der Waals surface area contributed by atoms with Crippen LogP contribution in [0.2, 0.25) is 0 Å². The van der Waals surface area contributed by atoms with Crippen molar-refractivity contribution >= 4 is 28.4 Å². The summed E-state index contributed by atoms with van der Waals surface area (Å²) in [5.74, 6) is 0. The van der Waals surface area contributed by atoms with Crippen LogP contribution in [0.15, 0.2) is 34.8 Å². The first-order valence-electron chi connectivity index (χ1n) is 4.83. The molecular formula is C11H12N4S. The van der Waals surface area contributed by atoms with Crippen LogP contribution in [0.25, 0.3) is 0 Å². The third kappa shape index (κ3) is 2.64. The van der Waals surface area contributed by atoms with Crippen molar-refractivity contribution in [3.8, 4) is 0 Å². The standard InChI is InChI=1S/C11H12N4S/c1-15(2)10-5-3-9(4-6-10)7-12-11-14-13-8-16-11/h3-8H,1-2H3/b12-7+. The average Bonchev–Trinajstić information content (AvgIpc) is 2.80. The van der Waals surface area contributed by atoms with Crippen molar-refractivity contribution in [1.82, 2.24) is 10.2 Å². The minimum atomic E-state index is 0.677. The lowest BCUT2D eigenvalue weighted by atomic mass is 10.2. The van der Waals surface area contributed by atoms with E-state index in [1.165, 1.54) is 17.0 Å². The normalized spacial score (nSPS) is 10.9. The fraction of sp³-hybridized carbons (Fsp3) is 0.182. The second-order valence-electron chi connectivity index (χ2n) is 3.47. The summed E-state index contributed by atoms with van der Waals surface area (Å²) in [6.45, 7) is 0. The summed E-state index contributed by atoms with van der Waals surface area (Å²) in [6, 6.07) is 8.17. The van der Waals surface area contributed by atoms with E-state index in [2.05, 4.69) is 32.2 Å². The Morgan fingerprint density at radius 1 is 1.25 bits per heavy atom. The van der Waals surface area contributed by atoms with Crippen LogP contribution < -0.4 is 4.90 Å². The van der Waals surface area contributed by atoms with Crippen LogP contribution in [0.1, 0.15) is 5.56 Å². The molecule has 0 aliphatic carbocycles. The third-order valence-electron chi connectivity index (χ3n) is 2.08. The number of rotatable bonds is 3. The first-order valence-corrected chi connectivity index (χ1v) is 5.71. The van der Waals surface area contributed by atoms with Crippen molar-refractivity contribution in [1.29, 1.82) is 0 Å². The Balaban J connectivity index is 2.11. The summed E-state index contributed by atoms with van der Waals surface area (Å²) in [5.41, 5.74) is 3.90. The van der Waals surface area contributed by atoms with Gasteiger partial charge in [0.2, 0.25) is 5.13 Å². The average molecular weight is 232 g/mol. The number of hydrogen-bond acceptors (Lipinski definition) is 5. The van der Waals surface area contributed by atoms with E-state index >= 15 is 0 Å². The second kappa shape index (κ2) is 4.85. The molecule has 0 saturated heterocycles. The summed E-state index contributed by atoms with van der Waals surface area (Å²) in [5, 5.41) is 8.24. The number of nitrogens with zero attached hydrogens (tertiary/aromatic N) is 4. The van der Waals surface area contributed by atoms with Crippen LogP contribution in [-0.4, -0.2) is 30.5 Å². The molecule has 0 N–H and O–H groups in total. The molecule has 1 heterocycles. The van der Waals surface area contributed by atoms with Crippen molar-refractivity contribution in [2.45, 2.75) is 0 Å². The smallest absolute Gasteiger partial charge is 0.231 e. The van der Waals surface area contributed by atoms with Gasteiger partial charge in [0.1, 0.15) is 5.51 Å². The van der Waals surface area contributed by atoms with Crippen LogP contribution in [0.3, 0.4) is 0 Å². The molecule has 5 heteroatoms. The predicted octanol–water partition coefficient (Wildman–Crippen LogP) is 2.35. The lowest BCUT2D eigenvalue weighted by molar-refractivity contribution is 1.08. The van der Waals surface area contributed by atoms with Crippen molar-refractivity contribution in [2.24, 2.45) is 4.99 Å². The molecule has 4 nitrogen and oxygen atoms in total. The van der Waals surface area contributed by atoms with E-state index in [1.807, 2.05) is 26.2 Å². The summed E-state index contributed by atoms with van der Waals surface area (Å²) in [7, 11) is 4.04. The minimum Gasteiger partial charge on any atom is -0.378 e. The Morgan fingerprint density at radius 3 is 2.56 bits per heavy atom. The largest absolute Gasteiger partial charge is 0.378 e. The summed E-state index contributed by atoms with van der Waals surface area (Å²) in [6.07, 6.45) is 1.79. The summed E-state index contributed by atoms with van der Waals surface area (Å²) < 4.78 is 0. The van der Waals surface area contributed by atoms with Crippen molar-refractivity contribution in [3.05, 3.63) is 35.3 Å². The van der Waals surface area contributed by atoms with Gasteiger partial charge in [-0.15, -0.1) is 10.2 Å². The number of anilines is 1.